The molecule has 0 amide bonds. The van der Waals surface area contributed by atoms with Crippen LogP contribution in [0, 0.1) is 0 Å². The first-order chi connectivity index (χ1) is 7.22. The molecule has 0 aliphatic rings. The molecule has 15 heavy (non-hydrogen) atoms. The number of nitrogens with zero attached hydrogens (tertiary/aromatic N) is 3. The number of hydrogen-bond donors (Lipinski definition) is 2. The minimum absolute atomic E-state index is 0.812. The maximum absolute atomic E-state index is 4.36. The largest absolute Gasteiger partial charge is 0.369 e. The van der Waals surface area contributed by atoms with Gasteiger partial charge in [-0.2, -0.15) is 0 Å². The summed E-state index contributed by atoms with van der Waals surface area (Å²) in [6.45, 7) is 4.74. The number of likely N-dealkylation sites (N-methyl/N-ethyl adjacent to an activating group) is 1. The molecule has 1 rings (SSSR count). The van der Waals surface area contributed by atoms with Crippen LogP contribution in [0.5, 0.6) is 0 Å². The summed E-state index contributed by atoms with van der Waals surface area (Å²) in [6, 6.07) is 0. The Bertz CT molecular complexity index is 287. The molecule has 0 bridgehead atoms. The van der Waals surface area contributed by atoms with E-state index in [0.717, 1.165) is 31.3 Å². The number of nitrogens with one attached hydrogen (secondary N) is 2. The highest BCUT2D eigenvalue weighted by molar-refractivity contribution is 5.41. The van der Waals surface area contributed by atoms with E-state index in [1.54, 1.807) is 12.4 Å². The van der Waals surface area contributed by atoms with Crippen molar-refractivity contribution in [1.29, 1.82) is 0 Å². The summed E-state index contributed by atoms with van der Waals surface area (Å²) in [5, 5.41) is 6.34. The fourth-order valence-electron chi connectivity index (χ4n) is 1.13. The first-order valence-electron chi connectivity index (χ1n) is 5.17. The van der Waals surface area contributed by atoms with E-state index in [-0.39, 0.29) is 0 Å². The fourth-order valence-corrected chi connectivity index (χ4v) is 1.13. The van der Waals surface area contributed by atoms with Gasteiger partial charge in [-0.3, -0.25) is 4.98 Å². The second-order valence-electron chi connectivity index (χ2n) is 3.55. The Morgan fingerprint density at radius 2 is 1.87 bits per heavy atom. The molecule has 0 saturated heterocycles. The summed E-state index contributed by atoms with van der Waals surface area (Å²) in [5.41, 5.74) is 0. The topological polar surface area (TPSA) is 53.1 Å². The molecule has 0 aliphatic carbocycles. The van der Waals surface area contributed by atoms with Gasteiger partial charge in [-0.25, -0.2) is 4.98 Å². The minimum Gasteiger partial charge on any atom is -0.369 e. The van der Waals surface area contributed by atoms with Gasteiger partial charge < -0.3 is 15.5 Å². The fraction of sp³-hybridized carbons (Fsp3) is 0.600. The van der Waals surface area contributed by atoms with E-state index in [1.165, 1.54) is 0 Å². The van der Waals surface area contributed by atoms with Crippen LogP contribution >= 0.6 is 0 Å². The zero-order valence-corrected chi connectivity index (χ0v) is 9.62. The van der Waals surface area contributed by atoms with E-state index in [9.17, 15) is 0 Å². The van der Waals surface area contributed by atoms with Crippen LogP contribution in [0.2, 0.25) is 0 Å². The van der Waals surface area contributed by atoms with E-state index < -0.39 is 0 Å². The summed E-state index contributed by atoms with van der Waals surface area (Å²) in [7, 11) is 4.09. The quantitative estimate of drug-likeness (QED) is 0.728. The normalized spacial score (nSPS) is 10.4. The van der Waals surface area contributed by atoms with Crippen molar-refractivity contribution in [1.82, 2.24) is 14.9 Å². The van der Waals surface area contributed by atoms with Gasteiger partial charge >= 0.3 is 0 Å². The molecule has 5 nitrogen and oxygen atoms in total. The molecular weight excluding hydrogens is 190 g/mol. The standard InChI is InChI=1S/C10H19N5/c1-4-12-9-7-11-8-10(14-9)13-5-6-15(2)3/h7-8H,4-6H2,1-3H3,(H2,12,13,14). The van der Waals surface area contributed by atoms with Crippen molar-refractivity contribution in [2.24, 2.45) is 0 Å². The van der Waals surface area contributed by atoms with Crippen LogP contribution < -0.4 is 10.6 Å². The lowest BCUT2D eigenvalue weighted by molar-refractivity contribution is 0.425. The molecular formula is C10H19N5. The highest BCUT2D eigenvalue weighted by Gasteiger charge is 1.97. The predicted octanol–water partition coefficient (Wildman–Crippen LogP) is 0.882. The molecule has 0 unspecified atom stereocenters. The van der Waals surface area contributed by atoms with E-state index in [2.05, 4.69) is 25.5 Å². The summed E-state index contributed by atoms with van der Waals surface area (Å²) in [6.07, 6.45) is 3.46. The molecule has 0 atom stereocenters. The third-order valence-electron chi connectivity index (χ3n) is 1.86. The molecule has 0 spiro atoms. The maximum atomic E-state index is 4.36. The third kappa shape index (κ3) is 4.60. The van der Waals surface area contributed by atoms with Crippen molar-refractivity contribution in [3.05, 3.63) is 12.4 Å². The SMILES string of the molecule is CCNc1cncc(NCCN(C)C)n1. The molecule has 0 fully saturated rings. The van der Waals surface area contributed by atoms with Crippen molar-refractivity contribution in [3.63, 3.8) is 0 Å². The van der Waals surface area contributed by atoms with Crippen molar-refractivity contribution in [3.8, 4) is 0 Å². The second-order valence-corrected chi connectivity index (χ2v) is 3.55. The predicted molar refractivity (Wildman–Crippen MR) is 63.2 cm³/mol. The number of rotatable bonds is 6. The van der Waals surface area contributed by atoms with Crippen LogP contribution in [0.1, 0.15) is 6.92 Å². The Balaban J connectivity index is 2.43. The molecule has 1 heterocycles. The first kappa shape index (κ1) is 11.7. The number of aromatic nitrogens is 2. The van der Waals surface area contributed by atoms with Crippen molar-refractivity contribution in [2.75, 3.05) is 44.4 Å². The van der Waals surface area contributed by atoms with E-state index in [4.69, 9.17) is 0 Å². The Labute approximate surface area is 90.9 Å². The number of anilines is 2. The highest BCUT2D eigenvalue weighted by Crippen LogP contribution is 2.05. The van der Waals surface area contributed by atoms with Crippen LogP contribution in [0.15, 0.2) is 12.4 Å². The lowest BCUT2D eigenvalue weighted by Crippen LogP contribution is -2.21. The van der Waals surface area contributed by atoms with Crippen LogP contribution in [-0.2, 0) is 0 Å². The van der Waals surface area contributed by atoms with Crippen LogP contribution in [-0.4, -0.2) is 48.6 Å². The van der Waals surface area contributed by atoms with Gasteiger partial charge in [0.15, 0.2) is 0 Å². The van der Waals surface area contributed by atoms with Gasteiger partial charge in [0.2, 0.25) is 0 Å². The lowest BCUT2D eigenvalue weighted by atomic mass is 10.5. The van der Waals surface area contributed by atoms with E-state index in [1.807, 2.05) is 21.0 Å². The summed E-state index contributed by atoms with van der Waals surface area (Å²) < 4.78 is 0. The molecule has 0 aliphatic heterocycles. The van der Waals surface area contributed by atoms with Gasteiger partial charge in [-0.1, -0.05) is 0 Å². The van der Waals surface area contributed by atoms with Crippen molar-refractivity contribution in [2.45, 2.75) is 6.92 Å². The summed E-state index contributed by atoms with van der Waals surface area (Å²) in [4.78, 5) is 10.6. The van der Waals surface area contributed by atoms with Crippen LogP contribution in [0.25, 0.3) is 0 Å². The molecule has 1 aromatic rings. The average molecular weight is 209 g/mol. The van der Waals surface area contributed by atoms with Gasteiger partial charge in [-0.15, -0.1) is 0 Å². The Hall–Kier alpha value is -1.36. The van der Waals surface area contributed by atoms with Gasteiger partial charge in [0.05, 0.1) is 12.4 Å². The molecule has 0 aromatic carbocycles. The zero-order valence-electron chi connectivity index (χ0n) is 9.62. The molecule has 0 saturated carbocycles. The maximum Gasteiger partial charge on any atom is 0.147 e. The van der Waals surface area contributed by atoms with Crippen molar-refractivity contribution < 1.29 is 0 Å². The molecule has 2 N–H and O–H groups in total. The Kier molecular flexibility index (Phi) is 4.83. The third-order valence-corrected chi connectivity index (χ3v) is 1.86. The summed E-state index contributed by atoms with van der Waals surface area (Å²) >= 11 is 0. The van der Waals surface area contributed by atoms with E-state index in [0.29, 0.717) is 0 Å². The highest BCUT2D eigenvalue weighted by atomic mass is 15.1. The van der Waals surface area contributed by atoms with Gasteiger partial charge in [-0.05, 0) is 21.0 Å². The molecule has 84 valence electrons. The van der Waals surface area contributed by atoms with E-state index >= 15 is 0 Å². The molecule has 1 aromatic heterocycles. The molecule has 5 heteroatoms. The van der Waals surface area contributed by atoms with Crippen LogP contribution in [0.4, 0.5) is 11.6 Å². The first-order valence-corrected chi connectivity index (χ1v) is 5.17. The Morgan fingerprint density at radius 3 is 2.47 bits per heavy atom. The summed E-state index contributed by atoms with van der Waals surface area (Å²) in [5.74, 6) is 1.63. The van der Waals surface area contributed by atoms with Gasteiger partial charge in [0.25, 0.3) is 0 Å². The van der Waals surface area contributed by atoms with Crippen molar-refractivity contribution >= 4 is 11.6 Å². The van der Waals surface area contributed by atoms with Gasteiger partial charge in [0.1, 0.15) is 11.6 Å². The molecule has 0 radical (unpaired) electrons. The Morgan fingerprint density at radius 1 is 1.20 bits per heavy atom. The smallest absolute Gasteiger partial charge is 0.147 e. The van der Waals surface area contributed by atoms with Gasteiger partial charge in [0, 0.05) is 19.6 Å². The average Bonchev–Trinajstić information content (AvgIpc) is 2.18. The lowest BCUT2D eigenvalue weighted by Gasteiger charge is -2.11. The monoisotopic (exact) mass is 209 g/mol. The van der Waals surface area contributed by atoms with Crippen LogP contribution in [0.3, 0.4) is 0 Å². The second kappa shape index (κ2) is 6.19. The minimum atomic E-state index is 0.812. The zero-order chi connectivity index (χ0) is 11.1. The number of hydrogen-bond acceptors (Lipinski definition) is 5.